The zero-order valence-corrected chi connectivity index (χ0v) is 15.8. The fraction of sp³-hybridized carbons (Fsp3) is 0.261. The Morgan fingerprint density at radius 3 is 2.75 bits per heavy atom. The lowest BCUT2D eigenvalue weighted by atomic mass is 9.93. The average Bonchev–Trinajstić information content (AvgIpc) is 2.71. The molecule has 2 aromatic rings. The van der Waals surface area contributed by atoms with E-state index in [2.05, 4.69) is 30.1 Å². The van der Waals surface area contributed by atoms with E-state index in [1.807, 2.05) is 29.2 Å². The van der Waals surface area contributed by atoms with E-state index >= 15 is 0 Å². The van der Waals surface area contributed by atoms with Crippen molar-refractivity contribution in [1.29, 1.82) is 10.7 Å². The van der Waals surface area contributed by atoms with E-state index in [1.54, 1.807) is 12.1 Å². The van der Waals surface area contributed by atoms with Crippen LogP contribution in [0.25, 0.3) is 0 Å². The van der Waals surface area contributed by atoms with Gasteiger partial charge in [-0.15, -0.1) is 0 Å². The maximum atomic E-state index is 12.7. The standard InChI is InChI=1S/C23H24N4O/c1-17(23(28)27-13-11-22(27)19-7-3-2-4-8-19)6-5-12-26-21-10-9-18(15-24)14-20(21)16-25/h2-4,7-10,14,16,22,25-26H,1,5-6,11-13H2. The number of hydrogen-bond acceptors (Lipinski definition) is 4. The van der Waals surface area contributed by atoms with Gasteiger partial charge < -0.3 is 15.6 Å². The first-order valence-electron chi connectivity index (χ1n) is 9.46. The van der Waals surface area contributed by atoms with Crippen molar-refractivity contribution < 1.29 is 4.79 Å². The molecule has 0 spiro atoms. The second-order valence-electron chi connectivity index (χ2n) is 6.91. The smallest absolute Gasteiger partial charge is 0.249 e. The largest absolute Gasteiger partial charge is 0.385 e. The van der Waals surface area contributed by atoms with Gasteiger partial charge in [-0.2, -0.15) is 5.26 Å². The van der Waals surface area contributed by atoms with Crippen molar-refractivity contribution in [2.45, 2.75) is 25.3 Å². The van der Waals surface area contributed by atoms with E-state index in [0.29, 0.717) is 29.7 Å². The van der Waals surface area contributed by atoms with E-state index in [0.717, 1.165) is 25.1 Å². The number of likely N-dealkylation sites (tertiary alicyclic amines) is 1. The second kappa shape index (κ2) is 9.01. The van der Waals surface area contributed by atoms with Gasteiger partial charge in [0.2, 0.25) is 5.91 Å². The van der Waals surface area contributed by atoms with Crippen LogP contribution < -0.4 is 5.32 Å². The Morgan fingerprint density at radius 1 is 1.32 bits per heavy atom. The van der Waals surface area contributed by atoms with Crippen molar-refractivity contribution in [2.75, 3.05) is 18.4 Å². The van der Waals surface area contributed by atoms with Crippen LogP contribution in [-0.2, 0) is 4.79 Å². The lowest BCUT2D eigenvalue weighted by molar-refractivity contribution is -0.135. The molecular formula is C23H24N4O. The molecule has 0 radical (unpaired) electrons. The van der Waals surface area contributed by atoms with E-state index in [1.165, 1.54) is 11.8 Å². The number of rotatable bonds is 8. The minimum absolute atomic E-state index is 0.0404. The van der Waals surface area contributed by atoms with Crippen LogP contribution in [0.1, 0.15) is 42.0 Å². The summed E-state index contributed by atoms with van der Waals surface area (Å²) in [5.41, 5.74) is 3.84. The minimum atomic E-state index is 0.0404. The molecule has 1 amide bonds. The van der Waals surface area contributed by atoms with Gasteiger partial charge in [0.15, 0.2) is 0 Å². The van der Waals surface area contributed by atoms with Gasteiger partial charge >= 0.3 is 0 Å². The molecule has 0 aliphatic carbocycles. The highest BCUT2D eigenvalue weighted by Gasteiger charge is 2.33. The lowest BCUT2D eigenvalue weighted by Gasteiger charge is -2.41. The topological polar surface area (TPSA) is 80.0 Å². The number of anilines is 1. The zero-order valence-electron chi connectivity index (χ0n) is 15.8. The molecule has 2 aromatic carbocycles. The molecule has 1 unspecified atom stereocenters. The lowest BCUT2D eigenvalue weighted by Crippen LogP contribution is -2.45. The van der Waals surface area contributed by atoms with Crippen molar-refractivity contribution >= 4 is 17.8 Å². The molecule has 0 aromatic heterocycles. The van der Waals surface area contributed by atoms with Crippen molar-refractivity contribution in [2.24, 2.45) is 0 Å². The molecule has 1 heterocycles. The summed E-state index contributed by atoms with van der Waals surface area (Å²) in [5, 5.41) is 19.7. The van der Waals surface area contributed by atoms with Gasteiger partial charge in [0.1, 0.15) is 0 Å². The highest BCUT2D eigenvalue weighted by molar-refractivity contribution is 5.93. The molecule has 3 rings (SSSR count). The van der Waals surface area contributed by atoms with Crippen LogP contribution in [0.2, 0.25) is 0 Å². The van der Waals surface area contributed by atoms with Crippen molar-refractivity contribution in [3.63, 3.8) is 0 Å². The number of benzene rings is 2. The van der Waals surface area contributed by atoms with Gasteiger partial charge in [0, 0.05) is 36.1 Å². The second-order valence-corrected chi connectivity index (χ2v) is 6.91. The van der Waals surface area contributed by atoms with Gasteiger partial charge in [0.25, 0.3) is 0 Å². The number of carbonyl (C=O) groups excluding carboxylic acids is 1. The third kappa shape index (κ3) is 4.29. The third-order valence-corrected chi connectivity index (χ3v) is 5.07. The summed E-state index contributed by atoms with van der Waals surface area (Å²) in [7, 11) is 0. The first-order valence-corrected chi connectivity index (χ1v) is 9.46. The normalized spacial score (nSPS) is 15.2. The molecule has 1 aliphatic heterocycles. The molecule has 0 bridgehead atoms. The monoisotopic (exact) mass is 372 g/mol. The van der Waals surface area contributed by atoms with E-state index in [9.17, 15) is 4.79 Å². The Kier molecular flexibility index (Phi) is 6.23. The Hall–Kier alpha value is -3.39. The highest BCUT2D eigenvalue weighted by Crippen LogP contribution is 2.34. The first kappa shape index (κ1) is 19.4. The van der Waals surface area contributed by atoms with Gasteiger partial charge in [0.05, 0.1) is 17.7 Å². The molecule has 5 nitrogen and oxygen atoms in total. The van der Waals surface area contributed by atoms with Crippen molar-refractivity contribution in [3.05, 3.63) is 77.4 Å². The number of nitrogens with one attached hydrogen (secondary N) is 2. The molecule has 1 fully saturated rings. The molecule has 28 heavy (non-hydrogen) atoms. The Morgan fingerprint density at radius 2 is 2.11 bits per heavy atom. The average molecular weight is 372 g/mol. The highest BCUT2D eigenvalue weighted by atomic mass is 16.2. The Bertz CT molecular complexity index is 914. The van der Waals surface area contributed by atoms with E-state index in [-0.39, 0.29) is 11.9 Å². The molecular weight excluding hydrogens is 348 g/mol. The number of nitrogens with zero attached hydrogens (tertiary/aromatic N) is 2. The number of amides is 1. The molecule has 0 saturated carbocycles. The fourth-order valence-electron chi connectivity index (χ4n) is 3.40. The van der Waals surface area contributed by atoms with Crippen LogP contribution in [0, 0.1) is 16.7 Å². The van der Waals surface area contributed by atoms with E-state index < -0.39 is 0 Å². The summed E-state index contributed by atoms with van der Waals surface area (Å²) in [6.45, 7) is 5.44. The fourth-order valence-corrected chi connectivity index (χ4v) is 3.40. The van der Waals surface area contributed by atoms with Crippen LogP contribution >= 0.6 is 0 Å². The Labute approximate surface area is 165 Å². The van der Waals surface area contributed by atoms with Crippen molar-refractivity contribution in [3.8, 4) is 6.07 Å². The molecule has 1 atom stereocenters. The summed E-state index contributed by atoms with van der Waals surface area (Å²) >= 11 is 0. The summed E-state index contributed by atoms with van der Waals surface area (Å²) in [6.07, 6.45) is 3.63. The first-order chi connectivity index (χ1) is 13.6. The molecule has 1 aliphatic rings. The van der Waals surface area contributed by atoms with Crippen LogP contribution in [0.3, 0.4) is 0 Å². The quantitative estimate of drug-likeness (QED) is 0.412. The van der Waals surface area contributed by atoms with Crippen LogP contribution in [0.15, 0.2) is 60.7 Å². The summed E-state index contributed by atoms with van der Waals surface area (Å²) < 4.78 is 0. The summed E-state index contributed by atoms with van der Waals surface area (Å²) in [4.78, 5) is 14.6. The van der Waals surface area contributed by atoms with Crippen molar-refractivity contribution in [1.82, 2.24) is 4.90 Å². The number of carbonyl (C=O) groups is 1. The number of hydrogen-bond donors (Lipinski definition) is 2. The maximum Gasteiger partial charge on any atom is 0.249 e. The predicted molar refractivity (Wildman–Crippen MR) is 111 cm³/mol. The molecule has 142 valence electrons. The third-order valence-electron chi connectivity index (χ3n) is 5.07. The summed E-state index contributed by atoms with van der Waals surface area (Å²) in [5.74, 6) is 0.0404. The molecule has 5 heteroatoms. The zero-order chi connectivity index (χ0) is 19.9. The van der Waals surface area contributed by atoms with Gasteiger partial charge in [-0.1, -0.05) is 36.9 Å². The van der Waals surface area contributed by atoms with Crippen LogP contribution in [-0.4, -0.2) is 30.1 Å². The van der Waals surface area contributed by atoms with Gasteiger partial charge in [-0.05, 0) is 43.0 Å². The Balaban J connectivity index is 1.48. The molecule has 1 saturated heterocycles. The van der Waals surface area contributed by atoms with Gasteiger partial charge in [-0.25, -0.2) is 0 Å². The predicted octanol–water partition coefficient (Wildman–Crippen LogP) is 4.28. The number of nitriles is 1. The van der Waals surface area contributed by atoms with Crippen LogP contribution in [0.4, 0.5) is 5.69 Å². The minimum Gasteiger partial charge on any atom is -0.385 e. The summed E-state index contributed by atoms with van der Waals surface area (Å²) in [6, 6.07) is 17.6. The molecule has 2 N–H and O–H groups in total. The van der Waals surface area contributed by atoms with E-state index in [4.69, 9.17) is 10.7 Å². The maximum absolute atomic E-state index is 12.7. The van der Waals surface area contributed by atoms with Gasteiger partial charge in [-0.3, -0.25) is 4.79 Å². The SMILES string of the molecule is C=C(CCCNc1ccc(C#N)cc1C=N)C(=O)N1CCC1c1ccccc1. The van der Waals surface area contributed by atoms with Crippen LogP contribution in [0.5, 0.6) is 0 Å².